The number of phenols is 1. The Balaban J connectivity index is 1.07. The highest BCUT2D eigenvalue weighted by molar-refractivity contribution is 5.94. The van der Waals surface area contributed by atoms with E-state index in [1.165, 1.54) is 36.6 Å². The van der Waals surface area contributed by atoms with Gasteiger partial charge in [-0.1, -0.05) is 42.2 Å². The molecule has 0 amide bonds. The van der Waals surface area contributed by atoms with Crippen molar-refractivity contribution in [3.8, 4) is 22.6 Å². The van der Waals surface area contributed by atoms with Gasteiger partial charge in [-0.25, -0.2) is 4.99 Å². The average Bonchev–Trinajstić information content (AvgIpc) is 3.96. The van der Waals surface area contributed by atoms with E-state index in [2.05, 4.69) is 16.4 Å². The van der Waals surface area contributed by atoms with Gasteiger partial charge in [-0.2, -0.15) is 9.90 Å². The van der Waals surface area contributed by atoms with Gasteiger partial charge < -0.3 is 44.4 Å². The van der Waals surface area contributed by atoms with E-state index < -0.39 is 55.2 Å². The summed E-state index contributed by atoms with van der Waals surface area (Å²) in [5.41, 5.74) is 5.98. The van der Waals surface area contributed by atoms with Gasteiger partial charge >= 0.3 is 11.9 Å². The molecule has 0 radical (unpaired) electrons. The summed E-state index contributed by atoms with van der Waals surface area (Å²) in [5, 5.41) is 46.6. The molecule has 4 aromatic rings. The number of nitrogens with one attached hydrogen (secondary N) is 2. The summed E-state index contributed by atoms with van der Waals surface area (Å²) in [5.74, 6) is -3.66. The molecule has 59 heavy (non-hydrogen) atoms. The third-order valence-electron chi connectivity index (χ3n) is 11.2. The molecular weight excluding hydrogens is 762 g/mol. The fourth-order valence-electron chi connectivity index (χ4n) is 8.18. The number of hydrogen-bond donors (Lipinski definition) is 6. The largest absolute Gasteiger partial charge is 0.508 e. The van der Waals surface area contributed by atoms with Crippen LogP contribution in [0, 0.1) is 19.8 Å². The van der Waals surface area contributed by atoms with Crippen molar-refractivity contribution < 1.29 is 58.5 Å². The van der Waals surface area contributed by atoms with Crippen LogP contribution in [0.5, 0.6) is 11.5 Å². The Morgan fingerprint density at radius 1 is 0.983 bits per heavy atom. The molecule has 1 aliphatic carbocycles. The van der Waals surface area contributed by atoms with Gasteiger partial charge in [0.25, 0.3) is 0 Å². The number of aliphatic hydroxyl groups is 2. The van der Waals surface area contributed by atoms with Crippen LogP contribution in [-0.4, -0.2) is 95.0 Å². The second-order valence-electron chi connectivity index (χ2n) is 15.5. The van der Waals surface area contributed by atoms with E-state index in [0.717, 1.165) is 59.3 Å². The minimum absolute atomic E-state index is 0.0557. The van der Waals surface area contributed by atoms with E-state index in [9.17, 15) is 34.8 Å². The lowest BCUT2D eigenvalue weighted by atomic mass is 9.99. The zero-order valence-electron chi connectivity index (χ0n) is 32.5. The summed E-state index contributed by atoms with van der Waals surface area (Å²) in [6.45, 7) is 3.59. The topological polar surface area (TPSA) is 211 Å². The van der Waals surface area contributed by atoms with Gasteiger partial charge in [-0.3, -0.25) is 14.4 Å². The van der Waals surface area contributed by atoms with Crippen molar-refractivity contribution in [1.82, 2.24) is 5.32 Å². The van der Waals surface area contributed by atoms with Crippen molar-refractivity contribution in [3.63, 3.8) is 0 Å². The molecule has 4 heterocycles. The Hall–Kier alpha value is -5.68. The Bertz CT molecular complexity index is 2380. The highest BCUT2D eigenvalue weighted by Gasteiger charge is 2.51. The molecule has 7 atom stereocenters. The van der Waals surface area contributed by atoms with Gasteiger partial charge in [-0.15, -0.1) is 0 Å². The summed E-state index contributed by atoms with van der Waals surface area (Å²) in [6, 6.07) is 16.9. The Morgan fingerprint density at radius 2 is 1.73 bits per heavy atom. The van der Waals surface area contributed by atoms with Crippen LogP contribution < -0.4 is 20.5 Å². The van der Waals surface area contributed by atoms with Crippen LogP contribution in [-0.2, 0) is 23.9 Å². The lowest BCUT2D eigenvalue weighted by Gasteiger charge is -2.41. The zero-order chi connectivity index (χ0) is 41.4. The smallest absolute Gasteiger partial charge is 0.321 e. The predicted octanol–water partition coefficient (Wildman–Crippen LogP) is 2.96. The Labute approximate surface area is 338 Å². The second-order valence-corrected chi connectivity index (χ2v) is 15.5. The first-order valence-electron chi connectivity index (χ1n) is 19.7. The first-order chi connectivity index (χ1) is 28.4. The molecule has 8 rings (SSSR count). The van der Waals surface area contributed by atoms with E-state index in [1.807, 2.05) is 32.1 Å². The molecule has 6 N–H and O–H groups in total. The van der Waals surface area contributed by atoms with Gasteiger partial charge in [0.05, 0.1) is 10.9 Å². The Morgan fingerprint density at radius 3 is 2.46 bits per heavy atom. The molecule has 3 aliphatic heterocycles. The Kier molecular flexibility index (Phi) is 11.5. The van der Waals surface area contributed by atoms with Crippen molar-refractivity contribution in [1.29, 1.82) is 0 Å². The van der Waals surface area contributed by atoms with Gasteiger partial charge in [0.2, 0.25) is 12.4 Å². The van der Waals surface area contributed by atoms with Crippen molar-refractivity contribution in [3.05, 3.63) is 111 Å². The SMILES string of the molecule is Cc1cc(C)cc(C2=C3N=CC=C3C[NH+]2OC2C(Oc3ccc4c(=O)c(-c5ccc(O)cc5)coc4c3)OC(COC(=O)C(CNC3CCCC3)C(=O)O)C(O)C2O)c1. The normalized spacial score (nSPS) is 24.6. The lowest BCUT2D eigenvalue weighted by Crippen LogP contribution is -3.08. The number of fused-ring (bicyclic) bond motifs is 2. The number of carbonyl (C=O) groups excluding carboxylic acids is 1. The quantitative estimate of drug-likeness (QED) is 0.0849. The molecule has 2 fully saturated rings. The number of ether oxygens (including phenoxy) is 3. The van der Waals surface area contributed by atoms with Crippen molar-refractivity contribution in [2.45, 2.75) is 76.3 Å². The van der Waals surface area contributed by atoms with Gasteiger partial charge in [-0.05, 0) is 74.7 Å². The van der Waals surface area contributed by atoms with Crippen molar-refractivity contribution in [2.75, 3.05) is 19.7 Å². The molecule has 15 nitrogen and oxygen atoms in total. The molecule has 0 spiro atoms. The van der Waals surface area contributed by atoms with E-state index in [0.29, 0.717) is 17.2 Å². The molecule has 7 unspecified atom stereocenters. The number of aryl methyl sites for hydroxylation is 2. The molecule has 1 aromatic heterocycles. The number of carboxylic acid groups (broad SMARTS) is 1. The number of carboxylic acids is 1. The fourth-order valence-corrected chi connectivity index (χ4v) is 8.18. The fraction of sp³-hybridized carbons (Fsp3) is 0.364. The van der Waals surface area contributed by atoms with Crippen molar-refractivity contribution >= 4 is 34.8 Å². The number of hydrogen-bond acceptors (Lipinski definition) is 13. The van der Waals surface area contributed by atoms with E-state index >= 15 is 0 Å². The van der Waals surface area contributed by atoms with E-state index in [1.54, 1.807) is 18.3 Å². The average molecular weight is 809 g/mol. The number of hydroxylamine groups is 2. The van der Waals surface area contributed by atoms with Gasteiger partial charge in [0, 0.05) is 36.0 Å². The highest BCUT2D eigenvalue weighted by Crippen LogP contribution is 2.32. The molecular formula is C44H46N3O12+. The molecule has 3 aromatic carbocycles. The number of aromatic hydroxyl groups is 1. The third kappa shape index (κ3) is 8.44. The van der Waals surface area contributed by atoms with E-state index in [4.69, 9.17) is 23.5 Å². The molecule has 15 heteroatoms. The van der Waals surface area contributed by atoms with Crippen LogP contribution in [0.1, 0.15) is 42.4 Å². The number of allylic oxidation sites excluding steroid dienone is 1. The maximum absolute atomic E-state index is 13.5. The number of carbonyl (C=O) groups is 2. The predicted molar refractivity (Wildman–Crippen MR) is 213 cm³/mol. The number of benzene rings is 3. The van der Waals surface area contributed by atoms with Crippen LogP contribution >= 0.6 is 0 Å². The number of nitrogens with zero attached hydrogens (tertiary/aromatic N) is 1. The lowest BCUT2D eigenvalue weighted by molar-refractivity contribution is -1.04. The van der Waals surface area contributed by atoms with Crippen LogP contribution in [0.3, 0.4) is 0 Å². The minimum Gasteiger partial charge on any atom is -0.508 e. The second kappa shape index (κ2) is 16.9. The minimum atomic E-state index is -1.66. The first kappa shape index (κ1) is 40.1. The molecule has 4 aliphatic rings. The summed E-state index contributed by atoms with van der Waals surface area (Å²) >= 11 is 0. The van der Waals surface area contributed by atoms with Crippen LogP contribution in [0.2, 0.25) is 0 Å². The first-order valence-corrected chi connectivity index (χ1v) is 19.7. The van der Waals surface area contributed by atoms with Gasteiger partial charge in [0.1, 0.15) is 60.5 Å². The standard InChI is InChI=1S/C44H45N3O12/c1-23-15-24(2)17-27(16-23)37-36-26(13-14-45-36)20-47(37)59-41-40(51)39(50)35(22-56-43(54)32(42(52)53)19-46-28-5-3-4-6-28)58-44(41)57-30-11-12-31-34(18-30)55-21-33(38(31)49)25-7-9-29(48)10-8-25/h7-18,21,28,32,35,39-41,44,46,48,50-51H,3-6,19-20,22H2,1-2H3,(H,52,53)/p+1. The number of esters is 1. The molecule has 1 saturated heterocycles. The number of aliphatic hydroxyl groups excluding tert-OH is 2. The summed E-state index contributed by atoms with van der Waals surface area (Å²) in [6.07, 6.45) is 1.30. The highest BCUT2D eigenvalue weighted by atomic mass is 16.8. The van der Waals surface area contributed by atoms with Crippen LogP contribution in [0.25, 0.3) is 27.8 Å². The summed E-state index contributed by atoms with van der Waals surface area (Å²) in [4.78, 5) is 49.9. The molecule has 308 valence electrons. The monoisotopic (exact) mass is 808 g/mol. The maximum atomic E-state index is 13.5. The van der Waals surface area contributed by atoms with Crippen LogP contribution in [0.15, 0.2) is 98.5 Å². The number of quaternary nitrogens is 1. The number of aliphatic imine (C=N–C) groups is 1. The summed E-state index contributed by atoms with van der Waals surface area (Å²) in [7, 11) is 0. The maximum Gasteiger partial charge on any atom is 0.321 e. The number of phenolic OH excluding ortho intramolecular Hbond substituents is 1. The van der Waals surface area contributed by atoms with Crippen molar-refractivity contribution in [2.24, 2.45) is 10.9 Å². The number of aliphatic carboxylic acids is 1. The molecule has 0 bridgehead atoms. The summed E-state index contributed by atoms with van der Waals surface area (Å²) < 4.78 is 23.9. The van der Waals surface area contributed by atoms with E-state index in [-0.39, 0.29) is 46.0 Å². The number of rotatable bonds is 13. The van der Waals surface area contributed by atoms with Crippen LogP contribution in [0.4, 0.5) is 0 Å². The zero-order valence-corrected chi connectivity index (χ0v) is 32.5. The third-order valence-corrected chi connectivity index (χ3v) is 11.2. The molecule has 1 saturated carbocycles. The van der Waals surface area contributed by atoms with Gasteiger partial charge in [0.15, 0.2) is 17.0 Å².